The van der Waals surface area contributed by atoms with Gasteiger partial charge in [0.2, 0.25) is 0 Å². The molecule has 17 heavy (non-hydrogen) atoms. The molecule has 0 amide bonds. The quantitative estimate of drug-likeness (QED) is 0.895. The molecule has 4 heteroatoms. The second-order valence-electron chi connectivity index (χ2n) is 4.66. The Bertz CT molecular complexity index is 358. The van der Waals surface area contributed by atoms with Gasteiger partial charge >= 0.3 is 0 Å². The number of thiophene rings is 1. The van der Waals surface area contributed by atoms with Gasteiger partial charge in [-0.15, -0.1) is 11.3 Å². The molecule has 0 spiro atoms. The summed E-state index contributed by atoms with van der Waals surface area (Å²) in [6.07, 6.45) is 4.66. The van der Waals surface area contributed by atoms with Crippen LogP contribution in [-0.2, 0) is 11.2 Å². The van der Waals surface area contributed by atoms with E-state index in [-0.39, 0.29) is 11.7 Å². The second kappa shape index (κ2) is 5.83. The van der Waals surface area contributed by atoms with Crippen molar-refractivity contribution in [1.82, 2.24) is 0 Å². The number of aliphatic hydroxyl groups excluding tert-OH is 1. The predicted octanol–water partition coefficient (Wildman–Crippen LogP) is 3.76. The van der Waals surface area contributed by atoms with E-state index in [9.17, 15) is 5.11 Å². The van der Waals surface area contributed by atoms with Gasteiger partial charge in [0.15, 0.2) is 0 Å². The van der Waals surface area contributed by atoms with Gasteiger partial charge in [-0.3, -0.25) is 0 Å². The molecule has 0 saturated heterocycles. The Morgan fingerprint density at radius 1 is 1.53 bits per heavy atom. The maximum absolute atomic E-state index is 10.5. The summed E-state index contributed by atoms with van der Waals surface area (Å²) in [6.45, 7) is 2.69. The first-order chi connectivity index (χ1) is 8.16. The van der Waals surface area contributed by atoms with E-state index in [1.54, 1.807) is 11.3 Å². The maximum atomic E-state index is 10.5. The molecule has 1 aliphatic rings. The number of aliphatic hydroxyl groups is 1. The van der Waals surface area contributed by atoms with Gasteiger partial charge in [-0.25, -0.2) is 0 Å². The third kappa shape index (κ3) is 3.11. The third-order valence-electron chi connectivity index (χ3n) is 3.51. The topological polar surface area (TPSA) is 29.5 Å². The zero-order valence-electron chi connectivity index (χ0n) is 10.1. The molecule has 2 rings (SSSR count). The fourth-order valence-electron chi connectivity index (χ4n) is 2.67. The lowest BCUT2D eigenvalue weighted by Crippen LogP contribution is -2.43. The van der Waals surface area contributed by atoms with Crippen molar-refractivity contribution >= 4 is 27.3 Å². The number of hydrogen-bond donors (Lipinski definition) is 1. The first-order valence-corrected chi connectivity index (χ1v) is 7.88. The number of rotatable bonds is 5. The minimum absolute atomic E-state index is 0.286. The molecular formula is C13H19BrO2S. The molecule has 1 fully saturated rings. The van der Waals surface area contributed by atoms with Crippen molar-refractivity contribution in [2.24, 2.45) is 0 Å². The summed E-state index contributed by atoms with van der Waals surface area (Å²) in [5, 5.41) is 12.5. The molecule has 0 radical (unpaired) electrons. The van der Waals surface area contributed by atoms with Gasteiger partial charge < -0.3 is 9.84 Å². The van der Waals surface area contributed by atoms with Crippen molar-refractivity contribution in [3.05, 3.63) is 20.8 Å². The molecule has 1 N–H and O–H groups in total. The van der Waals surface area contributed by atoms with Crippen molar-refractivity contribution in [2.45, 2.75) is 50.7 Å². The van der Waals surface area contributed by atoms with Crippen LogP contribution in [0.5, 0.6) is 0 Å². The summed E-state index contributed by atoms with van der Waals surface area (Å²) in [6, 6.07) is 2.09. The Balaban J connectivity index is 2.03. The van der Waals surface area contributed by atoms with Gasteiger partial charge in [-0.1, -0.05) is 12.8 Å². The lowest BCUT2D eigenvalue weighted by atomic mass is 9.91. The zero-order chi connectivity index (χ0) is 12.3. The Hall–Kier alpha value is 0.1000. The smallest absolute Gasteiger partial charge is 0.0943 e. The first kappa shape index (κ1) is 13.5. The molecule has 96 valence electrons. The molecule has 2 nitrogen and oxygen atoms in total. The van der Waals surface area contributed by atoms with Gasteiger partial charge in [-0.05, 0) is 41.8 Å². The van der Waals surface area contributed by atoms with Crippen LogP contribution in [0.3, 0.4) is 0 Å². The minimum atomic E-state index is -0.379. The van der Waals surface area contributed by atoms with Gasteiger partial charge in [-0.2, -0.15) is 0 Å². The second-order valence-corrected chi connectivity index (χ2v) is 6.57. The van der Waals surface area contributed by atoms with Crippen LogP contribution in [0.25, 0.3) is 0 Å². The Morgan fingerprint density at radius 3 is 2.76 bits per heavy atom. The van der Waals surface area contributed by atoms with Crippen LogP contribution in [0, 0.1) is 0 Å². The summed E-state index contributed by atoms with van der Waals surface area (Å²) >= 11 is 5.14. The number of ether oxygens (including phenoxy) is 1. The number of hydrogen-bond acceptors (Lipinski definition) is 3. The normalized spacial score (nSPS) is 20.6. The SMILES string of the molecule is CCOC1(C(O)Cc2cc(Br)cs2)CCCC1. The molecule has 0 bridgehead atoms. The zero-order valence-corrected chi connectivity index (χ0v) is 12.5. The van der Waals surface area contributed by atoms with Crippen LogP contribution in [-0.4, -0.2) is 23.4 Å². The van der Waals surface area contributed by atoms with Crippen LogP contribution >= 0.6 is 27.3 Å². The highest BCUT2D eigenvalue weighted by molar-refractivity contribution is 9.10. The Kier molecular flexibility index (Phi) is 4.64. The molecule has 1 aliphatic carbocycles. The Labute approximate surface area is 115 Å². The third-order valence-corrected chi connectivity index (χ3v) is 5.23. The van der Waals surface area contributed by atoms with Gasteiger partial charge in [0.1, 0.15) is 0 Å². The van der Waals surface area contributed by atoms with E-state index in [4.69, 9.17) is 4.74 Å². The van der Waals surface area contributed by atoms with E-state index in [1.807, 2.05) is 6.92 Å². The minimum Gasteiger partial charge on any atom is -0.390 e. The Morgan fingerprint density at radius 2 is 2.24 bits per heavy atom. The standard InChI is InChI=1S/C13H19BrO2S/c1-2-16-13(5-3-4-6-13)12(15)8-11-7-10(14)9-17-11/h7,9,12,15H,2-6,8H2,1H3. The van der Waals surface area contributed by atoms with Gasteiger partial charge in [0, 0.05) is 27.8 Å². The summed E-state index contributed by atoms with van der Waals surface area (Å²) in [5.74, 6) is 0. The number of halogens is 1. The molecule has 1 unspecified atom stereocenters. The molecule has 0 aliphatic heterocycles. The summed E-state index contributed by atoms with van der Waals surface area (Å²) in [7, 11) is 0. The molecule has 1 aromatic rings. The highest BCUT2D eigenvalue weighted by Crippen LogP contribution is 2.38. The monoisotopic (exact) mass is 318 g/mol. The van der Waals surface area contributed by atoms with E-state index in [1.165, 1.54) is 17.7 Å². The fourth-order valence-corrected chi connectivity index (χ4v) is 4.16. The maximum Gasteiger partial charge on any atom is 0.0943 e. The highest BCUT2D eigenvalue weighted by atomic mass is 79.9. The van der Waals surface area contributed by atoms with Crippen molar-refractivity contribution < 1.29 is 9.84 Å². The fraction of sp³-hybridized carbons (Fsp3) is 0.692. The highest BCUT2D eigenvalue weighted by Gasteiger charge is 2.41. The van der Waals surface area contributed by atoms with Gasteiger partial charge in [0.25, 0.3) is 0 Å². The summed E-state index contributed by atoms with van der Waals surface area (Å²) in [5.41, 5.74) is -0.286. The predicted molar refractivity (Wildman–Crippen MR) is 74.6 cm³/mol. The van der Waals surface area contributed by atoms with Crippen molar-refractivity contribution in [2.75, 3.05) is 6.61 Å². The van der Waals surface area contributed by atoms with Crippen molar-refractivity contribution in [3.8, 4) is 0 Å². The summed E-state index contributed by atoms with van der Waals surface area (Å²) in [4.78, 5) is 1.22. The molecule has 1 aromatic heterocycles. The van der Waals surface area contributed by atoms with E-state index >= 15 is 0 Å². The van der Waals surface area contributed by atoms with Crippen LogP contribution in [0.4, 0.5) is 0 Å². The summed E-state index contributed by atoms with van der Waals surface area (Å²) < 4.78 is 6.97. The van der Waals surface area contributed by atoms with Crippen LogP contribution in [0.2, 0.25) is 0 Å². The van der Waals surface area contributed by atoms with E-state index in [0.717, 1.165) is 17.3 Å². The molecule has 0 aromatic carbocycles. The lowest BCUT2D eigenvalue weighted by Gasteiger charge is -2.34. The largest absolute Gasteiger partial charge is 0.390 e. The molecule has 1 heterocycles. The molecule has 1 atom stereocenters. The molecule has 1 saturated carbocycles. The van der Waals surface area contributed by atoms with Gasteiger partial charge in [0.05, 0.1) is 11.7 Å². The average Bonchev–Trinajstić information content (AvgIpc) is 2.89. The lowest BCUT2D eigenvalue weighted by molar-refractivity contribution is -0.115. The van der Waals surface area contributed by atoms with E-state index < -0.39 is 0 Å². The van der Waals surface area contributed by atoms with Crippen LogP contribution < -0.4 is 0 Å². The van der Waals surface area contributed by atoms with Crippen LogP contribution in [0.15, 0.2) is 15.9 Å². The van der Waals surface area contributed by atoms with Crippen LogP contribution in [0.1, 0.15) is 37.5 Å². The first-order valence-electron chi connectivity index (χ1n) is 6.21. The van der Waals surface area contributed by atoms with Crippen molar-refractivity contribution in [1.29, 1.82) is 0 Å². The van der Waals surface area contributed by atoms with Crippen molar-refractivity contribution in [3.63, 3.8) is 0 Å². The average molecular weight is 319 g/mol. The molecular weight excluding hydrogens is 300 g/mol. The van der Waals surface area contributed by atoms with E-state index in [2.05, 4.69) is 27.4 Å². The van der Waals surface area contributed by atoms with E-state index in [0.29, 0.717) is 13.0 Å².